The number of piperidine rings is 3. The molecular weight excluding hydrogens is 1560 g/mol. The fraction of sp³-hybridized carbons (Fsp3) is 0.268. The van der Waals surface area contributed by atoms with Crippen LogP contribution in [0.3, 0.4) is 0 Å². The van der Waals surface area contributed by atoms with Crippen LogP contribution in [-0.4, -0.2) is 132 Å². The molecule has 0 radical (unpaired) electrons. The topological polar surface area (TPSA) is 119 Å². The lowest BCUT2D eigenvalue weighted by atomic mass is 9.74. The summed E-state index contributed by atoms with van der Waals surface area (Å²) in [5, 5.41) is 3.15. The Morgan fingerprint density at radius 3 is 1.27 bits per heavy atom. The largest absolute Gasteiger partial charge is 0.573 e. The first-order chi connectivity index (χ1) is 52.2. The number of anilines is 3. The Kier molecular flexibility index (Phi) is 24.3. The molecule has 3 aromatic heterocycles. The van der Waals surface area contributed by atoms with Crippen molar-refractivity contribution >= 4 is 134 Å². The van der Waals surface area contributed by atoms with Gasteiger partial charge < -0.3 is 19.4 Å². The number of likely N-dealkylation sites (tertiary alicyclic amines) is 3. The molecule has 9 aromatic rings. The van der Waals surface area contributed by atoms with Gasteiger partial charge in [-0.3, -0.25) is 29.1 Å². The Morgan fingerprint density at radius 1 is 0.422 bits per heavy atom. The van der Waals surface area contributed by atoms with E-state index in [0.29, 0.717) is 118 Å². The summed E-state index contributed by atoms with van der Waals surface area (Å²) < 4.78 is 97.2. The molecule has 3 saturated heterocycles. The molecule has 15 rings (SSSR count). The molecule has 0 atom stereocenters. The normalized spacial score (nSPS) is 17.2. The molecule has 0 unspecified atom stereocenters. The number of hydrogen-bond acceptors (Lipinski definition) is 10. The molecule has 564 valence electrons. The van der Waals surface area contributed by atoms with E-state index in [0.717, 1.165) is 92.4 Å². The number of fused-ring (bicyclic) bond motifs is 6. The van der Waals surface area contributed by atoms with Crippen LogP contribution in [0, 0.1) is 23.3 Å². The summed E-state index contributed by atoms with van der Waals surface area (Å²) in [7, 11) is 0. The van der Waals surface area contributed by atoms with Gasteiger partial charge in [-0.15, -0.1) is 13.2 Å². The van der Waals surface area contributed by atoms with Gasteiger partial charge in [-0.25, -0.2) is 32.5 Å². The number of amides is 3. The third-order valence-electron chi connectivity index (χ3n) is 21.0. The van der Waals surface area contributed by atoms with Gasteiger partial charge in [0.15, 0.2) is 0 Å². The number of pyridine rings is 3. The van der Waals surface area contributed by atoms with E-state index in [1.165, 1.54) is 66.5 Å². The van der Waals surface area contributed by atoms with Gasteiger partial charge in [-0.1, -0.05) is 136 Å². The first kappa shape index (κ1) is 78.7. The van der Waals surface area contributed by atoms with Crippen molar-refractivity contribution in [2.45, 2.75) is 61.1 Å². The lowest BCUT2D eigenvalue weighted by Gasteiger charge is -2.39. The van der Waals surface area contributed by atoms with Crippen molar-refractivity contribution in [3.63, 3.8) is 0 Å². The van der Waals surface area contributed by atoms with Gasteiger partial charge in [0.1, 0.15) is 44.5 Å². The number of nitrogens with zero attached hydrogens (tertiary/aromatic N) is 9. The van der Waals surface area contributed by atoms with E-state index >= 15 is 0 Å². The van der Waals surface area contributed by atoms with E-state index in [1.807, 2.05) is 59.5 Å². The molecule has 109 heavy (non-hydrogen) atoms. The summed E-state index contributed by atoms with van der Waals surface area (Å²) in [6.07, 6.45) is 15.5. The lowest BCUT2D eigenvalue weighted by molar-refractivity contribution is -0.274. The second-order valence-electron chi connectivity index (χ2n) is 27.8. The van der Waals surface area contributed by atoms with Gasteiger partial charge in [0.2, 0.25) is 0 Å². The van der Waals surface area contributed by atoms with Crippen molar-refractivity contribution in [1.82, 2.24) is 29.7 Å². The lowest BCUT2D eigenvalue weighted by Crippen LogP contribution is -2.46. The average Bonchev–Trinajstić information content (AvgIpc) is 1.59. The van der Waals surface area contributed by atoms with E-state index in [2.05, 4.69) is 46.5 Å². The molecular formula is C82H69Cl7F7N9O4. The molecule has 27 heteroatoms. The zero-order valence-corrected chi connectivity index (χ0v) is 63.5. The standard InChI is InChI=1S/C28H23ClF5N3O2.C27H22Cl3F2N3O.C27H24Cl3N3O/c29-25-14-19(7-10-35-25)26(38)37-17-27(22-16-21(5-6-24(22)37)39-28(32,33)34)8-12-36(13-9-27)11-1-2-18-3-4-20(30)15-23(18)31;28-19-13-21-25(22(29)14-19)35(26(36)18-5-8-33-24(30)12-18)16-27(21)6-10-34(11-7-27)9-1-2-17-3-4-20(31)15-23(17)32;28-21-7-8-24-22(17-21)27(18-33(24)26(34)20-9-12-31-25(30)16-20)10-14-32(15-11-27)13-3-5-19-4-1-2-6-23(19)29/h1-7,10,14-16H,8-9,11-13,17H2;1-5,8,12-15H,6-7,9-11,16H2;1-9,12,16-17H,10-11,13-15,18H2/b2*2-1+;5-3+. The molecule has 0 bridgehead atoms. The molecule has 3 spiro atoms. The maximum absolute atomic E-state index is 13.9. The van der Waals surface area contributed by atoms with Gasteiger partial charge in [0.05, 0.1) is 10.7 Å². The van der Waals surface area contributed by atoms with Crippen molar-refractivity contribution in [2.75, 3.05) is 93.2 Å². The zero-order chi connectivity index (χ0) is 76.9. The minimum atomic E-state index is -4.84. The van der Waals surface area contributed by atoms with Gasteiger partial charge in [-0.2, -0.15) is 0 Å². The predicted octanol–water partition coefficient (Wildman–Crippen LogP) is 20.4. The van der Waals surface area contributed by atoms with Crippen LogP contribution >= 0.6 is 81.2 Å². The van der Waals surface area contributed by atoms with Crippen LogP contribution in [0.5, 0.6) is 5.75 Å². The number of benzene rings is 6. The summed E-state index contributed by atoms with van der Waals surface area (Å²) in [5.41, 5.74) is 6.95. The molecule has 6 aliphatic heterocycles. The van der Waals surface area contributed by atoms with E-state index in [-0.39, 0.29) is 50.2 Å². The van der Waals surface area contributed by atoms with E-state index in [1.54, 1.807) is 70.6 Å². The Hall–Kier alpha value is -8.38. The highest BCUT2D eigenvalue weighted by Gasteiger charge is 2.50. The Bertz CT molecular complexity index is 5010. The highest BCUT2D eigenvalue weighted by molar-refractivity contribution is 6.38. The second kappa shape index (κ2) is 33.7. The highest BCUT2D eigenvalue weighted by Crippen LogP contribution is 2.53. The summed E-state index contributed by atoms with van der Waals surface area (Å²) in [4.78, 5) is 64.2. The van der Waals surface area contributed by atoms with Crippen molar-refractivity contribution in [1.29, 1.82) is 0 Å². The molecule has 13 nitrogen and oxygen atoms in total. The third kappa shape index (κ3) is 18.2. The SMILES string of the molecule is O=C(c1ccnc(Cl)c1)N1CC2(CCN(C/C=C/c3ccc(F)cc3F)CC2)c2cc(Cl)cc(Cl)c21.O=C(c1ccnc(Cl)c1)N1CC2(CCN(C/C=C/c3ccc(F)cc3F)CC2)c2cc(OC(F)(F)F)ccc21.O=C(c1ccnc(Cl)c1)N1CC2(CCN(C/C=C/c3ccccc3Cl)CC2)c2cc(Cl)ccc21. The number of aromatic nitrogens is 3. The summed E-state index contributed by atoms with van der Waals surface area (Å²) in [6, 6.07) is 37.8. The Morgan fingerprint density at radius 2 is 0.826 bits per heavy atom. The first-order valence-electron chi connectivity index (χ1n) is 35.1. The van der Waals surface area contributed by atoms with Gasteiger partial charge in [-0.05, 0) is 215 Å². The van der Waals surface area contributed by atoms with Crippen LogP contribution in [0.15, 0.2) is 182 Å². The predicted molar refractivity (Wildman–Crippen MR) is 417 cm³/mol. The van der Waals surface area contributed by atoms with Crippen LogP contribution in [0.25, 0.3) is 18.2 Å². The average molecular weight is 1630 g/mol. The number of carbonyl (C=O) groups is 3. The fourth-order valence-corrected chi connectivity index (χ4v) is 16.9. The van der Waals surface area contributed by atoms with Gasteiger partial charge >= 0.3 is 6.36 Å². The highest BCUT2D eigenvalue weighted by atomic mass is 35.5. The smallest absolute Gasteiger partial charge is 0.406 e. The van der Waals surface area contributed by atoms with Crippen molar-refractivity contribution in [3.05, 3.63) is 291 Å². The van der Waals surface area contributed by atoms with E-state index < -0.39 is 35.0 Å². The van der Waals surface area contributed by atoms with Crippen molar-refractivity contribution in [3.8, 4) is 5.75 Å². The van der Waals surface area contributed by atoms with E-state index in [4.69, 9.17) is 81.2 Å². The number of hydrogen-bond donors (Lipinski definition) is 0. The molecule has 0 aliphatic carbocycles. The van der Waals surface area contributed by atoms with Crippen LogP contribution in [0.2, 0.25) is 35.5 Å². The molecule has 0 saturated carbocycles. The van der Waals surface area contributed by atoms with Gasteiger partial charge in [0, 0.05) is 140 Å². The van der Waals surface area contributed by atoms with Gasteiger partial charge in [0.25, 0.3) is 17.7 Å². The van der Waals surface area contributed by atoms with Crippen LogP contribution in [-0.2, 0) is 16.2 Å². The minimum Gasteiger partial charge on any atom is -0.406 e. The third-order valence-corrected chi connectivity index (χ3v) is 22.8. The molecule has 0 N–H and O–H groups in total. The summed E-state index contributed by atoms with van der Waals surface area (Å²) in [6.45, 7) is 8.09. The molecule has 6 aliphatic rings. The maximum Gasteiger partial charge on any atom is 0.573 e. The van der Waals surface area contributed by atoms with Crippen molar-refractivity contribution in [2.24, 2.45) is 0 Å². The number of ether oxygens (including phenoxy) is 1. The molecule has 6 aromatic carbocycles. The maximum atomic E-state index is 13.9. The summed E-state index contributed by atoms with van der Waals surface area (Å²) in [5.74, 6) is -3.39. The van der Waals surface area contributed by atoms with Crippen LogP contribution < -0.4 is 19.4 Å². The monoisotopic (exact) mass is 1620 g/mol. The summed E-state index contributed by atoms with van der Waals surface area (Å²) >= 11 is 43.7. The zero-order valence-electron chi connectivity index (χ0n) is 58.2. The minimum absolute atomic E-state index is 0.0603. The quantitative estimate of drug-likeness (QED) is 0.0815. The molecule has 3 amide bonds. The fourth-order valence-electron chi connectivity index (χ4n) is 15.5. The number of rotatable bonds is 13. The Balaban J connectivity index is 0.000000144. The van der Waals surface area contributed by atoms with E-state index in [9.17, 15) is 45.1 Å². The van der Waals surface area contributed by atoms with Crippen molar-refractivity contribution < 1.29 is 49.9 Å². The second-order valence-corrected chi connectivity index (χ2v) is 30.6. The Labute approximate surface area is 660 Å². The number of carbonyl (C=O) groups excluding carboxylic acids is 3. The van der Waals surface area contributed by atoms with Crippen LogP contribution in [0.4, 0.5) is 47.8 Å². The number of alkyl halides is 3. The number of halogens is 14. The molecule has 9 heterocycles. The molecule has 3 fully saturated rings. The first-order valence-corrected chi connectivity index (χ1v) is 37.7. The van der Waals surface area contributed by atoms with Crippen LogP contribution in [0.1, 0.15) is 103 Å².